The fourth-order valence-electron chi connectivity index (χ4n) is 2.82. The highest BCUT2D eigenvalue weighted by Crippen LogP contribution is 2.27. The van der Waals surface area contributed by atoms with Gasteiger partial charge in [0, 0.05) is 0 Å². The number of benzene rings is 2. The van der Waals surface area contributed by atoms with Crippen LogP contribution < -0.4 is 10.2 Å². The van der Waals surface area contributed by atoms with Crippen LogP contribution in [-0.4, -0.2) is 18.7 Å². The third kappa shape index (κ3) is 5.31. The number of nitrogens with one attached hydrogen (secondary N) is 1. The fraction of sp³-hybridized carbons (Fsp3) is 0.217. The van der Waals surface area contributed by atoms with Crippen LogP contribution in [-0.2, 0) is 4.79 Å². The lowest BCUT2D eigenvalue weighted by molar-refractivity contribution is -0.123. The summed E-state index contributed by atoms with van der Waals surface area (Å²) in [5, 5.41) is 3.87. The molecule has 0 aliphatic heterocycles. The van der Waals surface area contributed by atoms with E-state index in [2.05, 4.69) is 24.4 Å². The van der Waals surface area contributed by atoms with Gasteiger partial charge >= 0.3 is 0 Å². The maximum Gasteiger partial charge on any atom is 0.277 e. The molecule has 3 aromatic rings. The van der Waals surface area contributed by atoms with E-state index in [0.29, 0.717) is 22.8 Å². The largest absolute Gasteiger partial charge is 0.483 e. The first-order valence-electron chi connectivity index (χ1n) is 9.34. The first-order chi connectivity index (χ1) is 13.9. The summed E-state index contributed by atoms with van der Waals surface area (Å²) in [4.78, 5) is 12.0. The number of amides is 1. The lowest BCUT2D eigenvalue weighted by atomic mass is 10.0. The number of carbonyl (C=O) groups is 1. The molecule has 0 saturated carbocycles. The van der Waals surface area contributed by atoms with Gasteiger partial charge in [0.1, 0.15) is 23.1 Å². The highest BCUT2D eigenvalue weighted by Gasteiger charge is 2.11. The van der Waals surface area contributed by atoms with Crippen LogP contribution in [0.5, 0.6) is 5.75 Å². The second-order valence-corrected chi connectivity index (χ2v) is 6.96. The van der Waals surface area contributed by atoms with E-state index in [1.54, 1.807) is 30.3 Å². The first-order valence-corrected chi connectivity index (χ1v) is 9.34. The molecule has 0 aliphatic carbocycles. The molecule has 6 heteroatoms. The van der Waals surface area contributed by atoms with Gasteiger partial charge in [-0.15, -0.1) is 0 Å². The summed E-state index contributed by atoms with van der Waals surface area (Å²) >= 11 is 0. The number of halogens is 1. The maximum absolute atomic E-state index is 13.8. The predicted molar refractivity (Wildman–Crippen MR) is 111 cm³/mol. The Kier molecular flexibility index (Phi) is 6.44. The lowest BCUT2D eigenvalue weighted by Gasteiger charge is -2.14. The van der Waals surface area contributed by atoms with E-state index in [4.69, 9.17) is 9.15 Å². The summed E-state index contributed by atoms with van der Waals surface area (Å²) in [7, 11) is 0. The molecular weight excluding hydrogens is 371 g/mol. The molecule has 0 unspecified atom stereocenters. The number of rotatable bonds is 7. The molecule has 0 aliphatic rings. The zero-order valence-corrected chi connectivity index (χ0v) is 16.6. The van der Waals surface area contributed by atoms with Crippen LogP contribution in [0.2, 0.25) is 0 Å². The van der Waals surface area contributed by atoms with E-state index >= 15 is 0 Å². The van der Waals surface area contributed by atoms with E-state index in [1.165, 1.54) is 12.3 Å². The molecular formula is C23H23FN2O3. The summed E-state index contributed by atoms with van der Waals surface area (Å²) in [6.45, 7) is 5.96. The Morgan fingerprint density at radius 1 is 1.21 bits per heavy atom. The summed E-state index contributed by atoms with van der Waals surface area (Å²) in [5.74, 6) is 1.00. The van der Waals surface area contributed by atoms with Crippen molar-refractivity contribution in [3.8, 4) is 17.1 Å². The van der Waals surface area contributed by atoms with Gasteiger partial charge in [-0.25, -0.2) is 9.82 Å². The molecule has 3 rings (SSSR count). The van der Waals surface area contributed by atoms with Crippen molar-refractivity contribution in [1.29, 1.82) is 0 Å². The number of nitrogens with zero attached hydrogens (tertiary/aromatic N) is 1. The number of hydrogen-bond donors (Lipinski definition) is 1. The SMILES string of the molecule is Cc1ccc(C(C)C)c(OCC(=O)N/N=C\c2ccc(-c3ccccc3F)o2)c1. The lowest BCUT2D eigenvalue weighted by Crippen LogP contribution is -2.24. The molecule has 5 nitrogen and oxygen atoms in total. The van der Waals surface area contributed by atoms with Gasteiger partial charge in [0.2, 0.25) is 0 Å². The average Bonchev–Trinajstić information content (AvgIpc) is 3.15. The van der Waals surface area contributed by atoms with E-state index in [1.807, 2.05) is 25.1 Å². The van der Waals surface area contributed by atoms with Crippen LogP contribution in [0.3, 0.4) is 0 Å². The second-order valence-electron chi connectivity index (χ2n) is 6.96. The van der Waals surface area contributed by atoms with Gasteiger partial charge in [0.25, 0.3) is 5.91 Å². The van der Waals surface area contributed by atoms with Gasteiger partial charge in [0.05, 0.1) is 11.8 Å². The highest BCUT2D eigenvalue weighted by atomic mass is 19.1. The first kappa shape index (κ1) is 20.3. The zero-order valence-electron chi connectivity index (χ0n) is 16.6. The molecule has 1 aromatic heterocycles. The fourth-order valence-corrected chi connectivity index (χ4v) is 2.82. The minimum absolute atomic E-state index is 0.154. The summed E-state index contributed by atoms with van der Waals surface area (Å²) in [6.07, 6.45) is 1.36. The minimum Gasteiger partial charge on any atom is -0.483 e. The molecule has 29 heavy (non-hydrogen) atoms. The molecule has 1 N–H and O–H groups in total. The molecule has 1 heterocycles. The Morgan fingerprint density at radius 3 is 2.76 bits per heavy atom. The minimum atomic E-state index is -0.390. The number of carbonyl (C=O) groups excluding carboxylic acids is 1. The van der Waals surface area contributed by atoms with Gasteiger partial charge in [-0.3, -0.25) is 4.79 Å². The number of hydrogen-bond acceptors (Lipinski definition) is 4. The highest BCUT2D eigenvalue weighted by molar-refractivity contribution is 5.81. The molecule has 0 radical (unpaired) electrons. The van der Waals surface area contributed by atoms with Crippen molar-refractivity contribution in [2.75, 3.05) is 6.61 Å². The van der Waals surface area contributed by atoms with Crippen molar-refractivity contribution in [1.82, 2.24) is 5.43 Å². The molecule has 2 aromatic carbocycles. The van der Waals surface area contributed by atoms with Crippen LogP contribution in [0, 0.1) is 12.7 Å². The van der Waals surface area contributed by atoms with E-state index < -0.39 is 5.91 Å². The quantitative estimate of drug-likeness (QED) is 0.451. The Bertz CT molecular complexity index is 1020. The third-order valence-corrected chi connectivity index (χ3v) is 4.30. The Labute approximate surface area is 169 Å². The zero-order chi connectivity index (χ0) is 20.8. The topological polar surface area (TPSA) is 63.8 Å². The van der Waals surface area contributed by atoms with Crippen LogP contribution in [0.25, 0.3) is 11.3 Å². The van der Waals surface area contributed by atoms with E-state index in [9.17, 15) is 9.18 Å². The van der Waals surface area contributed by atoms with Gasteiger partial charge < -0.3 is 9.15 Å². The van der Waals surface area contributed by atoms with Gasteiger partial charge in [-0.2, -0.15) is 5.10 Å². The van der Waals surface area contributed by atoms with Crippen molar-refractivity contribution in [2.24, 2.45) is 5.10 Å². The second kappa shape index (κ2) is 9.19. The van der Waals surface area contributed by atoms with Crippen LogP contribution in [0.4, 0.5) is 4.39 Å². The Balaban J connectivity index is 1.56. The number of hydrazone groups is 1. The Hall–Kier alpha value is -3.41. The molecule has 0 spiro atoms. The smallest absolute Gasteiger partial charge is 0.277 e. The van der Waals surface area contributed by atoms with E-state index in [0.717, 1.165) is 11.1 Å². The van der Waals surface area contributed by atoms with Crippen molar-refractivity contribution in [3.63, 3.8) is 0 Å². The molecule has 1 amide bonds. The van der Waals surface area contributed by atoms with Crippen molar-refractivity contribution in [3.05, 3.63) is 77.3 Å². The molecule has 0 atom stereocenters. The van der Waals surface area contributed by atoms with Gasteiger partial charge in [0.15, 0.2) is 6.61 Å². The van der Waals surface area contributed by atoms with E-state index in [-0.39, 0.29) is 18.3 Å². The molecule has 0 fully saturated rings. The Morgan fingerprint density at radius 2 is 2.00 bits per heavy atom. The molecule has 0 bridgehead atoms. The van der Waals surface area contributed by atoms with Crippen LogP contribution in [0.1, 0.15) is 36.7 Å². The number of aryl methyl sites for hydroxylation is 1. The standard InChI is InChI=1S/C23H23FN2O3/c1-15(2)18-10-8-16(3)12-22(18)28-14-23(27)26-25-13-17-9-11-21(29-17)19-6-4-5-7-20(19)24/h4-13,15H,14H2,1-3H3,(H,26,27)/b25-13-. The normalized spacial score (nSPS) is 11.2. The van der Waals surface area contributed by atoms with Crippen LogP contribution >= 0.6 is 0 Å². The third-order valence-electron chi connectivity index (χ3n) is 4.30. The number of furan rings is 1. The predicted octanol–water partition coefficient (Wildman–Crippen LogP) is 5.05. The van der Waals surface area contributed by atoms with Gasteiger partial charge in [-0.05, 0) is 54.3 Å². The monoisotopic (exact) mass is 394 g/mol. The summed E-state index contributed by atoms with van der Waals surface area (Å²) in [5.41, 5.74) is 4.87. The number of ether oxygens (including phenoxy) is 1. The van der Waals surface area contributed by atoms with Crippen molar-refractivity contribution >= 4 is 12.1 Å². The summed E-state index contributed by atoms with van der Waals surface area (Å²) in [6, 6.07) is 15.6. The van der Waals surface area contributed by atoms with Crippen molar-refractivity contribution in [2.45, 2.75) is 26.7 Å². The molecule has 150 valence electrons. The summed E-state index contributed by atoms with van der Waals surface area (Å²) < 4.78 is 25.0. The molecule has 0 saturated heterocycles. The van der Waals surface area contributed by atoms with Crippen LogP contribution in [0.15, 0.2) is 64.1 Å². The average molecular weight is 394 g/mol. The van der Waals surface area contributed by atoms with Gasteiger partial charge in [-0.1, -0.05) is 38.1 Å². The van der Waals surface area contributed by atoms with Crippen molar-refractivity contribution < 1.29 is 18.3 Å². The maximum atomic E-state index is 13.8.